The predicted octanol–water partition coefficient (Wildman–Crippen LogP) is 4.70. The van der Waals surface area contributed by atoms with Crippen LogP contribution in [0.1, 0.15) is 30.6 Å². The van der Waals surface area contributed by atoms with E-state index in [0.717, 1.165) is 10.6 Å². The van der Waals surface area contributed by atoms with Crippen LogP contribution in [-0.2, 0) is 6.42 Å². The fourth-order valence-corrected chi connectivity index (χ4v) is 4.04. The lowest BCUT2D eigenvalue weighted by atomic mass is 10.2. The number of rotatable bonds is 6. The van der Waals surface area contributed by atoms with Crippen molar-refractivity contribution in [2.24, 2.45) is 0 Å². The molecule has 0 aliphatic rings. The molecule has 29 heavy (non-hydrogen) atoms. The van der Waals surface area contributed by atoms with E-state index >= 15 is 0 Å². The molecule has 2 N–H and O–H groups in total. The van der Waals surface area contributed by atoms with E-state index in [-0.39, 0.29) is 11.8 Å². The maximum atomic E-state index is 12.6. The number of hydrogen-bond donors (Lipinski definition) is 2. The van der Waals surface area contributed by atoms with Gasteiger partial charge in [0.1, 0.15) is 5.01 Å². The van der Waals surface area contributed by atoms with E-state index < -0.39 is 0 Å². The zero-order chi connectivity index (χ0) is 20.1. The number of nitrogens with zero attached hydrogens (tertiary/aromatic N) is 2. The van der Waals surface area contributed by atoms with Gasteiger partial charge in [-0.3, -0.25) is 14.9 Å². The Morgan fingerprint density at radius 2 is 1.72 bits per heavy atom. The van der Waals surface area contributed by atoms with Crippen LogP contribution in [0.3, 0.4) is 0 Å². The summed E-state index contributed by atoms with van der Waals surface area (Å²) in [6.07, 6.45) is 0.665. The normalized spacial score (nSPS) is 10.5. The van der Waals surface area contributed by atoms with E-state index in [1.807, 2.05) is 41.8 Å². The number of aromatic nitrogens is 2. The molecule has 2 aromatic heterocycles. The molecule has 0 atom stereocenters. The molecule has 4 aromatic rings. The van der Waals surface area contributed by atoms with Gasteiger partial charge < -0.3 is 5.32 Å². The minimum Gasteiger partial charge on any atom is -0.321 e. The summed E-state index contributed by atoms with van der Waals surface area (Å²) in [6.45, 7) is 0. The summed E-state index contributed by atoms with van der Waals surface area (Å²) in [5, 5.41) is 16.9. The molecule has 0 saturated heterocycles. The van der Waals surface area contributed by atoms with Crippen LogP contribution in [0.5, 0.6) is 0 Å². The van der Waals surface area contributed by atoms with Crippen molar-refractivity contribution in [2.45, 2.75) is 6.42 Å². The summed E-state index contributed by atoms with van der Waals surface area (Å²) in [5.41, 5.74) is 2.11. The monoisotopic (exact) mass is 420 g/mol. The maximum absolute atomic E-state index is 12.6. The minimum absolute atomic E-state index is 0.202. The highest BCUT2D eigenvalue weighted by molar-refractivity contribution is 7.15. The summed E-state index contributed by atoms with van der Waals surface area (Å²) >= 11 is 2.70. The Labute approximate surface area is 175 Å². The van der Waals surface area contributed by atoms with Crippen LogP contribution in [0.4, 0.5) is 10.8 Å². The predicted molar refractivity (Wildman–Crippen MR) is 116 cm³/mol. The molecular formula is C21H16N4O2S2. The van der Waals surface area contributed by atoms with Gasteiger partial charge in [0.25, 0.3) is 11.8 Å². The summed E-state index contributed by atoms with van der Waals surface area (Å²) in [5.74, 6) is -0.508. The van der Waals surface area contributed by atoms with Gasteiger partial charge in [0.2, 0.25) is 5.13 Å². The average Bonchev–Trinajstić information content (AvgIpc) is 3.41. The number of carbonyl (C=O) groups is 2. The molecule has 0 fully saturated rings. The molecule has 144 valence electrons. The topological polar surface area (TPSA) is 84.0 Å². The molecule has 0 bridgehead atoms. The number of anilines is 2. The van der Waals surface area contributed by atoms with Gasteiger partial charge in [-0.1, -0.05) is 53.8 Å². The first-order chi connectivity index (χ1) is 14.2. The zero-order valence-electron chi connectivity index (χ0n) is 15.2. The molecule has 2 amide bonds. The summed E-state index contributed by atoms with van der Waals surface area (Å²) < 4.78 is 0. The van der Waals surface area contributed by atoms with Gasteiger partial charge in [-0.2, -0.15) is 0 Å². The van der Waals surface area contributed by atoms with Crippen LogP contribution < -0.4 is 10.6 Å². The van der Waals surface area contributed by atoms with E-state index in [4.69, 9.17) is 0 Å². The molecule has 0 saturated carbocycles. The van der Waals surface area contributed by atoms with Gasteiger partial charge in [0.15, 0.2) is 0 Å². The van der Waals surface area contributed by atoms with Gasteiger partial charge in [-0.25, -0.2) is 0 Å². The zero-order valence-corrected chi connectivity index (χ0v) is 16.8. The van der Waals surface area contributed by atoms with E-state index in [9.17, 15) is 9.59 Å². The third-order valence-electron chi connectivity index (χ3n) is 4.01. The Morgan fingerprint density at radius 1 is 0.862 bits per heavy atom. The SMILES string of the molecule is O=C(Nc1nnc(Cc2ccccc2)s1)c1cccc(NC(=O)c2cccs2)c1. The third kappa shape index (κ3) is 4.92. The fourth-order valence-electron chi connectivity index (χ4n) is 2.65. The highest BCUT2D eigenvalue weighted by Gasteiger charge is 2.12. The Bertz CT molecular complexity index is 1120. The van der Waals surface area contributed by atoms with E-state index in [1.165, 1.54) is 22.7 Å². The lowest BCUT2D eigenvalue weighted by Crippen LogP contribution is -2.14. The van der Waals surface area contributed by atoms with E-state index in [2.05, 4.69) is 20.8 Å². The first-order valence-electron chi connectivity index (χ1n) is 8.80. The van der Waals surface area contributed by atoms with Gasteiger partial charge in [0, 0.05) is 17.7 Å². The van der Waals surface area contributed by atoms with Crippen LogP contribution in [0.2, 0.25) is 0 Å². The molecular weight excluding hydrogens is 404 g/mol. The number of carbonyl (C=O) groups excluding carboxylic acids is 2. The molecule has 0 unspecified atom stereocenters. The van der Waals surface area contributed by atoms with E-state index in [1.54, 1.807) is 30.3 Å². The van der Waals surface area contributed by atoms with Crippen molar-refractivity contribution in [3.63, 3.8) is 0 Å². The molecule has 8 heteroatoms. The van der Waals surface area contributed by atoms with Crippen molar-refractivity contribution >= 4 is 45.3 Å². The highest BCUT2D eigenvalue weighted by atomic mass is 32.1. The van der Waals surface area contributed by atoms with Gasteiger partial charge in [-0.05, 0) is 35.2 Å². The summed E-state index contributed by atoms with van der Waals surface area (Å²) in [6, 6.07) is 20.3. The van der Waals surface area contributed by atoms with Gasteiger partial charge >= 0.3 is 0 Å². The third-order valence-corrected chi connectivity index (χ3v) is 5.72. The van der Waals surface area contributed by atoms with Crippen LogP contribution in [0.25, 0.3) is 0 Å². The second-order valence-corrected chi connectivity index (χ2v) is 8.14. The lowest BCUT2D eigenvalue weighted by molar-refractivity contribution is 0.101. The summed E-state index contributed by atoms with van der Waals surface area (Å²) in [4.78, 5) is 25.4. The number of benzene rings is 2. The largest absolute Gasteiger partial charge is 0.321 e. The van der Waals surface area contributed by atoms with Crippen molar-refractivity contribution < 1.29 is 9.59 Å². The maximum Gasteiger partial charge on any atom is 0.265 e. The Morgan fingerprint density at radius 3 is 2.52 bits per heavy atom. The molecule has 4 rings (SSSR count). The Hall–Kier alpha value is -3.36. The van der Waals surface area contributed by atoms with Crippen LogP contribution >= 0.6 is 22.7 Å². The smallest absolute Gasteiger partial charge is 0.265 e. The van der Waals surface area contributed by atoms with Crippen molar-refractivity contribution in [2.75, 3.05) is 10.6 Å². The molecule has 0 aliphatic heterocycles. The second-order valence-electron chi connectivity index (χ2n) is 6.13. The van der Waals surface area contributed by atoms with Crippen molar-refractivity contribution in [3.8, 4) is 0 Å². The quantitative estimate of drug-likeness (QED) is 0.474. The number of nitrogens with one attached hydrogen (secondary N) is 2. The number of thiophene rings is 1. The lowest BCUT2D eigenvalue weighted by Gasteiger charge is -2.06. The Balaban J connectivity index is 1.40. The minimum atomic E-state index is -0.306. The molecule has 0 aliphatic carbocycles. The van der Waals surface area contributed by atoms with Crippen LogP contribution in [-0.4, -0.2) is 22.0 Å². The Kier molecular flexibility index (Phi) is 5.73. The number of amides is 2. The first-order valence-corrected chi connectivity index (χ1v) is 10.5. The second kappa shape index (κ2) is 8.76. The van der Waals surface area contributed by atoms with Gasteiger partial charge in [0.05, 0.1) is 4.88 Å². The molecule has 2 aromatic carbocycles. The summed E-state index contributed by atoms with van der Waals surface area (Å²) in [7, 11) is 0. The van der Waals surface area contributed by atoms with Crippen LogP contribution in [0, 0.1) is 0 Å². The van der Waals surface area contributed by atoms with Crippen molar-refractivity contribution in [1.82, 2.24) is 10.2 Å². The molecule has 6 nitrogen and oxygen atoms in total. The van der Waals surface area contributed by atoms with E-state index in [0.29, 0.717) is 27.7 Å². The molecule has 0 radical (unpaired) electrons. The van der Waals surface area contributed by atoms with Gasteiger partial charge in [-0.15, -0.1) is 21.5 Å². The van der Waals surface area contributed by atoms with Crippen molar-refractivity contribution in [1.29, 1.82) is 0 Å². The highest BCUT2D eigenvalue weighted by Crippen LogP contribution is 2.20. The number of hydrogen-bond acceptors (Lipinski definition) is 6. The molecule has 2 heterocycles. The standard InChI is InChI=1S/C21H16N4O2S2/c26-19(23-21-25-24-18(29-21)12-14-6-2-1-3-7-14)15-8-4-9-16(13-15)22-20(27)17-10-5-11-28-17/h1-11,13H,12H2,(H,22,27)(H,23,25,26). The fraction of sp³-hybridized carbons (Fsp3) is 0.0476. The molecule has 0 spiro atoms. The first kappa shape index (κ1) is 19.0. The van der Waals surface area contributed by atoms with Crippen molar-refractivity contribution in [3.05, 3.63) is 93.1 Å². The average molecular weight is 421 g/mol. The van der Waals surface area contributed by atoms with Crippen LogP contribution in [0.15, 0.2) is 72.1 Å².